The average Bonchev–Trinajstić information content (AvgIpc) is 3.96. The molecule has 2 nitrogen and oxygen atoms in total. The molecule has 0 N–H and O–H groups in total. The summed E-state index contributed by atoms with van der Waals surface area (Å²) in [6.07, 6.45) is 0. The van der Waals surface area contributed by atoms with E-state index in [9.17, 15) is 0 Å². The van der Waals surface area contributed by atoms with E-state index in [2.05, 4.69) is 240 Å². The third kappa shape index (κ3) is 4.97. The van der Waals surface area contributed by atoms with Gasteiger partial charge in [0.2, 0.25) is 0 Å². The Morgan fingerprint density at radius 3 is 1.53 bits per heavy atom. The van der Waals surface area contributed by atoms with Gasteiger partial charge in [-0.3, -0.25) is 0 Å². The first kappa shape index (κ1) is 35.1. The standard InChI is InChI=1S/C59H38N2S/c1-4-19-40(20-5-1)60(41-21-6-2-7-22-41)43-32-34-48-47-27-14-16-30-52(47)59(53(48)37-43)54-38-44(33-35-50(54)58-57(59)51-29-15-17-31-56(51)62-58)61(42-23-8-3-9-24-42)55-36-39-18-10-11-25-45(39)46-26-12-13-28-49(46)55/h1-38H. The van der Waals surface area contributed by atoms with Crippen LogP contribution in [0.5, 0.6) is 0 Å². The molecule has 11 aromatic rings. The average molecular weight is 807 g/mol. The molecule has 0 radical (unpaired) electrons. The molecule has 2 aliphatic rings. The maximum Gasteiger partial charge on any atom is 0.0741 e. The van der Waals surface area contributed by atoms with Crippen LogP contribution in [0, 0.1) is 0 Å². The van der Waals surface area contributed by atoms with Crippen molar-refractivity contribution in [1.29, 1.82) is 0 Å². The normalized spacial score (nSPS) is 14.5. The first-order valence-corrected chi connectivity index (χ1v) is 22.2. The zero-order valence-electron chi connectivity index (χ0n) is 33.7. The molecule has 0 saturated heterocycles. The highest BCUT2D eigenvalue weighted by molar-refractivity contribution is 7.22. The highest BCUT2D eigenvalue weighted by Gasteiger charge is 2.54. The highest BCUT2D eigenvalue weighted by atomic mass is 32.1. The Morgan fingerprint density at radius 2 is 0.823 bits per heavy atom. The minimum atomic E-state index is -0.574. The zero-order chi connectivity index (χ0) is 40.8. The second-order valence-corrected chi connectivity index (χ2v) is 17.4. The maximum atomic E-state index is 2.53. The Balaban J connectivity index is 1.12. The SMILES string of the molecule is c1ccc(N(c2ccccc2)c2ccc3c(c2)C2(c4ccccc4-3)c3cc(N(c4ccccc4)c4cc5ccccc5c5ccccc45)ccc3-c3sc4ccccc4c32)cc1. The van der Waals surface area contributed by atoms with E-state index in [1.165, 1.54) is 75.5 Å². The summed E-state index contributed by atoms with van der Waals surface area (Å²) in [5.74, 6) is 0. The van der Waals surface area contributed by atoms with Crippen molar-refractivity contribution in [2.45, 2.75) is 5.41 Å². The van der Waals surface area contributed by atoms with Crippen molar-refractivity contribution in [2.75, 3.05) is 9.80 Å². The molecule has 1 spiro atoms. The number of rotatable bonds is 6. The summed E-state index contributed by atoms with van der Waals surface area (Å²) < 4.78 is 1.32. The van der Waals surface area contributed by atoms with Crippen molar-refractivity contribution in [1.82, 2.24) is 0 Å². The molecular weight excluding hydrogens is 769 g/mol. The molecule has 3 heteroatoms. The Morgan fingerprint density at radius 1 is 0.323 bits per heavy atom. The number of anilines is 6. The van der Waals surface area contributed by atoms with Crippen LogP contribution in [-0.4, -0.2) is 0 Å². The summed E-state index contributed by atoms with van der Waals surface area (Å²) in [6.45, 7) is 0. The second kappa shape index (κ2) is 13.7. The maximum absolute atomic E-state index is 2.53. The quantitative estimate of drug-likeness (QED) is 0.154. The van der Waals surface area contributed by atoms with Gasteiger partial charge in [0.15, 0.2) is 0 Å². The van der Waals surface area contributed by atoms with Gasteiger partial charge in [0.1, 0.15) is 0 Å². The van der Waals surface area contributed by atoms with Gasteiger partial charge in [0.25, 0.3) is 0 Å². The van der Waals surface area contributed by atoms with Crippen LogP contribution in [0.3, 0.4) is 0 Å². The van der Waals surface area contributed by atoms with Gasteiger partial charge >= 0.3 is 0 Å². The number of para-hydroxylation sites is 3. The molecule has 1 heterocycles. The Labute approximate surface area is 364 Å². The summed E-state index contributed by atoms with van der Waals surface area (Å²) >= 11 is 1.93. The summed E-state index contributed by atoms with van der Waals surface area (Å²) in [5, 5.41) is 6.28. The summed E-state index contributed by atoms with van der Waals surface area (Å²) in [7, 11) is 0. The summed E-state index contributed by atoms with van der Waals surface area (Å²) in [4.78, 5) is 6.24. The van der Waals surface area contributed by atoms with E-state index in [-0.39, 0.29) is 0 Å². The molecule has 0 saturated carbocycles. The van der Waals surface area contributed by atoms with Crippen molar-refractivity contribution in [3.8, 4) is 21.6 Å². The van der Waals surface area contributed by atoms with Crippen molar-refractivity contribution in [3.63, 3.8) is 0 Å². The largest absolute Gasteiger partial charge is 0.310 e. The second-order valence-electron chi connectivity index (χ2n) is 16.4. The van der Waals surface area contributed by atoms with E-state index >= 15 is 0 Å². The first-order valence-electron chi connectivity index (χ1n) is 21.3. The molecule has 62 heavy (non-hydrogen) atoms. The fraction of sp³-hybridized carbons (Fsp3) is 0.0169. The van der Waals surface area contributed by atoms with Gasteiger partial charge in [-0.25, -0.2) is 0 Å². The molecule has 0 fully saturated rings. The molecule has 2 aliphatic carbocycles. The smallest absolute Gasteiger partial charge is 0.0741 e. The number of thiophene rings is 1. The lowest BCUT2D eigenvalue weighted by Crippen LogP contribution is -2.26. The molecular formula is C59H38N2S. The monoisotopic (exact) mass is 806 g/mol. The van der Waals surface area contributed by atoms with Gasteiger partial charge < -0.3 is 9.80 Å². The van der Waals surface area contributed by atoms with Crippen LogP contribution >= 0.6 is 11.3 Å². The lowest BCUT2D eigenvalue weighted by Gasteiger charge is -2.33. The Bertz CT molecular complexity index is 3500. The third-order valence-electron chi connectivity index (χ3n) is 13.2. The molecule has 290 valence electrons. The molecule has 1 aromatic heterocycles. The molecule has 13 rings (SSSR count). The van der Waals surface area contributed by atoms with E-state index in [4.69, 9.17) is 0 Å². The van der Waals surface area contributed by atoms with Crippen LogP contribution in [0.25, 0.3) is 53.2 Å². The Hall–Kier alpha value is -7.72. The fourth-order valence-electron chi connectivity index (χ4n) is 10.7. The van der Waals surface area contributed by atoms with Crippen LogP contribution in [0.2, 0.25) is 0 Å². The molecule has 1 atom stereocenters. The van der Waals surface area contributed by atoms with Crippen molar-refractivity contribution < 1.29 is 0 Å². The third-order valence-corrected chi connectivity index (χ3v) is 14.4. The molecule has 1 unspecified atom stereocenters. The van der Waals surface area contributed by atoms with E-state index in [0.29, 0.717) is 0 Å². The van der Waals surface area contributed by atoms with E-state index in [1.807, 2.05) is 11.3 Å². The number of hydrogen-bond donors (Lipinski definition) is 0. The van der Waals surface area contributed by atoms with Crippen molar-refractivity contribution >= 4 is 77.1 Å². The number of hydrogen-bond acceptors (Lipinski definition) is 3. The van der Waals surface area contributed by atoms with Crippen LogP contribution in [-0.2, 0) is 5.41 Å². The highest BCUT2D eigenvalue weighted by Crippen LogP contribution is 2.67. The zero-order valence-corrected chi connectivity index (χ0v) is 34.6. The topological polar surface area (TPSA) is 6.48 Å². The number of nitrogens with zero attached hydrogens (tertiary/aromatic N) is 2. The molecule has 10 aromatic carbocycles. The van der Waals surface area contributed by atoms with E-state index in [0.717, 1.165) is 34.1 Å². The lowest BCUT2D eigenvalue weighted by molar-refractivity contribution is 0.802. The minimum absolute atomic E-state index is 0.574. The van der Waals surface area contributed by atoms with Crippen LogP contribution in [0.15, 0.2) is 231 Å². The number of benzene rings is 10. The lowest BCUT2D eigenvalue weighted by atomic mass is 9.70. The van der Waals surface area contributed by atoms with Crippen molar-refractivity contribution in [3.05, 3.63) is 253 Å². The molecule has 0 amide bonds. The fourth-order valence-corrected chi connectivity index (χ4v) is 12.0. The van der Waals surface area contributed by atoms with Crippen molar-refractivity contribution in [2.24, 2.45) is 0 Å². The van der Waals surface area contributed by atoms with Crippen LogP contribution in [0.4, 0.5) is 34.1 Å². The van der Waals surface area contributed by atoms with Crippen LogP contribution in [0.1, 0.15) is 22.3 Å². The summed E-state index contributed by atoms with van der Waals surface area (Å²) in [5.41, 5.74) is 15.5. The van der Waals surface area contributed by atoms with Gasteiger partial charge in [-0.05, 0) is 133 Å². The summed E-state index contributed by atoms with van der Waals surface area (Å²) in [6, 6.07) is 85.2. The first-order chi connectivity index (χ1) is 30.8. The predicted molar refractivity (Wildman–Crippen MR) is 263 cm³/mol. The van der Waals surface area contributed by atoms with E-state index in [1.54, 1.807) is 0 Å². The van der Waals surface area contributed by atoms with Gasteiger partial charge in [0.05, 0.1) is 11.1 Å². The van der Waals surface area contributed by atoms with Gasteiger partial charge in [-0.2, -0.15) is 0 Å². The van der Waals surface area contributed by atoms with E-state index < -0.39 is 5.41 Å². The van der Waals surface area contributed by atoms with Gasteiger partial charge in [0, 0.05) is 43.4 Å². The van der Waals surface area contributed by atoms with Gasteiger partial charge in [-0.1, -0.05) is 158 Å². The number of fused-ring (bicyclic) bond motifs is 15. The predicted octanol–water partition coefficient (Wildman–Crippen LogP) is 16.5. The molecule has 0 bridgehead atoms. The minimum Gasteiger partial charge on any atom is -0.310 e. The molecule has 0 aliphatic heterocycles. The van der Waals surface area contributed by atoms with Crippen LogP contribution < -0.4 is 9.80 Å². The van der Waals surface area contributed by atoms with Gasteiger partial charge in [-0.15, -0.1) is 11.3 Å². The Kier molecular flexibility index (Phi) is 7.72.